The van der Waals surface area contributed by atoms with Crippen molar-refractivity contribution in [3.05, 3.63) is 29.8 Å². The summed E-state index contributed by atoms with van der Waals surface area (Å²) in [6.07, 6.45) is 0.993. The molecule has 2 heterocycles. The number of hydrogen-bond acceptors (Lipinski definition) is 6. The van der Waals surface area contributed by atoms with E-state index in [1.807, 2.05) is 12.1 Å². The molecule has 0 aromatic heterocycles. The normalized spacial score (nSPS) is 20.3. The third kappa shape index (κ3) is 5.99. The Kier molecular flexibility index (Phi) is 7.64. The zero-order chi connectivity index (χ0) is 20.9. The number of morpholine rings is 1. The number of rotatable bonds is 6. The largest absolute Gasteiger partial charge is 0.379 e. The maximum Gasteiger partial charge on any atom is 0.243 e. The van der Waals surface area contributed by atoms with Gasteiger partial charge < -0.3 is 9.64 Å². The molecule has 2 aliphatic rings. The molecule has 2 fully saturated rings. The molecular formula is C20H32N4O4S. The molecular weight excluding hydrogens is 392 g/mol. The number of hydrogen-bond donors (Lipinski definition) is 0. The van der Waals surface area contributed by atoms with Gasteiger partial charge in [0.1, 0.15) is 0 Å². The maximum atomic E-state index is 12.9. The van der Waals surface area contributed by atoms with Crippen LogP contribution in [0.5, 0.6) is 0 Å². The minimum absolute atomic E-state index is 0.125. The maximum absolute atomic E-state index is 12.9. The first kappa shape index (κ1) is 22.2. The summed E-state index contributed by atoms with van der Waals surface area (Å²) in [5.41, 5.74) is 0.997. The summed E-state index contributed by atoms with van der Waals surface area (Å²) in [6, 6.07) is 7.27. The van der Waals surface area contributed by atoms with Gasteiger partial charge >= 0.3 is 0 Å². The van der Waals surface area contributed by atoms with Crippen LogP contribution in [0.3, 0.4) is 0 Å². The lowest BCUT2D eigenvalue weighted by molar-refractivity contribution is -0.129. The lowest BCUT2D eigenvalue weighted by Crippen LogP contribution is -2.40. The topological polar surface area (TPSA) is 73.4 Å². The van der Waals surface area contributed by atoms with E-state index in [0.29, 0.717) is 44.3 Å². The van der Waals surface area contributed by atoms with E-state index in [0.717, 1.165) is 38.2 Å². The van der Waals surface area contributed by atoms with Gasteiger partial charge in [0.25, 0.3) is 0 Å². The second kappa shape index (κ2) is 9.99. The van der Waals surface area contributed by atoms with Crippen LogP contribution in [0.25, 0.3) is 0 Å². The van der Waals surface area contributed by atoms with Crippen LogP contribution in [0.1, 0.15) is 12.0 Å². The molecule has 2 saturated heterocycles. The van der Waals surface area contributed by atoms with Crippen molar-refractivity contribution in [2.75, 3.05) is 73.1 Å². The first-order valence-electron chi connectivity index (χ1n) is 10.2. The van der Waals surface area contributed by atoms with E-state index in [1.165, 1.54) is 4.31 Å². The summed E-state index contributed by atoms with van der Waals surface area (Å²) < 4.78 is 32.6. The van der Waals surface area contributed by atoms with Crippen molar-refractivity contribution in [3.8, 4) is 0 Å². The molecule has 29 heavy (non-hydrogen) atoms. The van der Waals surface area contributed by atoms with E-state index in [-0.39, 0.29) is 5.91 Å². The highest BCUT2D eigenvalue weighted by Crippen LogP contribution is 2.19. The van der Waals surface area contributed by atoms with Crippen LogP contribution in [0.15, 0.2) is 29.2 Å². The fourth-order valence-electron chi connectivity index (χ4n) is 3.67. The predicted octanol–water partition coefficient (Wildman–Crippen LogP) is 0.303. The Labute approximate surface area is 174 Å². The quantitative estimate of drug-likeness (QED) is 0.654. The molecule has 1 amide bonds. The number of likely N-dealkylation sites (N-methyl/N-ethyl adjacent to an activating group) is 1. The molecule has 0 atom stereocenters. The van der Waals surface area contributed by atoms with Crippen molar-refractivity contribution in [2.45, 2.75) is 17.9 Å². The summed E-state index contributed by atoms with van der Waals surface area (Å²) >= 11 is 0. The van der Waals surface area contributed by atoms with Crippen LogP contribution in [-0.4, -0.2) is 106 Å². The number of nitrogens with zero attached hydrogens (tertiary/aromatic N) is 4. The monoisotopic (exact) mass is 424 g/mol. The molecule has 0 aliphatic carbocycles. The molecule has 8 nitrogen and oxygen atoms in total. The molecule has 0 bridgehead atoms. The van der Waals surface area contributed by atoms with Gasteiger partial charge in [0.05, 0.1) is 24.7 Å². The molecule has 0 saturated carbocycles. The van der Waals surface area contributed by atoms with Crippen molar-refractivity contribution in [2.24, 2.45) is 0 Å². The molecule has 0 N–H and O–H groups in total. The fraction of sp³-hybridized carbons (Fsp3) is 0.650. The molecule has 1 aromatic carbocycles. The lowest BCUT2D eigenvalue weighted by atomic mass is 10.2. The molecule has 9 heteroatoms. The molecule has 162 valence electrons. The van der Waals surface area contributed by atoms with Gasteiger partial charge in [-0.3, -0.25) is 14.6 Å². The average molecular weight is 425 g/mol. The van der Waals surface area contributed by atoms with E-state index in [4.69, 9.17) is 4.74 Å². The Morgan fingerprint density at radius 3 is 2.45 bits per heavy atom. The zero-order valence-electron chi connectivity index (χ0n) is 17.4. The van der Waals surface area contributed by atoms with Crippen molar-refractivity contribution in [3.63, 3.8) is 0 Å². The fourth-order valence-corrected chi connectivity index (χ4v) is 5.15. The van der Waals surface area contributed by atoms with Gasteiger partial charge in [0, 0.05) is 46.8 Å². The predicted molar refractivity (Wildman–Crippen MR) is 111 cm³/mol. The Balaban J connectivity index is 1.61. The van der Waals surface area contributed by atoms with Crippen LogP contribution in [0.2, 0.25) is 0 Å². The summed E-state index contributed by atoms with van der Waals surface area (Å²) in [4.78, 5) is 18.5. The first-order valence-corrected chi connectivity index (χ1v) is 11.6. The molecule has 0 spiro atoms. The average Bonchev–Trinajstić information content (AvgIpc) is 2.94. The van der Waals surface area contributed by atoms with E-state index < -0.39 is 10.0 Å². The number of sulfonamides is 1. The van der Waals surface area contributed by atoms with Gasteiger partial charge in [0.15, 0.2) is 0 Å². The highest BCUT2D eigenvalue weighted by Gasteiger charge is 2.26. The molecule has 0 radical (unpaired) electrons. The van der Waals surface area contributed by atoms with E-state index in [2.05, 4.69) is 9.80 Å². The van der Waals surface area contributed by atoms with Crippen LogP contribution in [0.4, 0.5) is 0 Å². The van der Waals surface area contributed by atoms with Crippen LogP contribution >= 0.6 is 0 Å². The third-order valence-electron chi connectivity index (χ3n) is 5.45. The van der Waals surface area contributed by atoms with Crippen molar-refractivity contribution < 1.29 is 17.9 Å². The highest BCUT2D eigenvalue weighted by molar-refractivity contribution is 7.89. The first-order chi connectivity index (χ1) is 13.9. The number of carbonyl (C=O) groups excluding carboxylic acids is 1. The molecule has 2 aliphatic heterocycles. The van der Waals surface area contributed by atoms with Gasteiger partial charge in [0.2, 0.25) is 15.9 Å². The Morgan fingerprint density at radius 2 is 1.72 bits per heavy atom. The van der Waals surface area contributed by atoms with Gasteiger partial charge in [-0.25, -0.2) is 8.42 Å². The van der Waals surface area contributed by atoms with Gasteiger partial charge in [-0.05, 0) is 37.2 Å². The number of carbonyl (C=O) groups is 1. The van der Waals surface area contributed by atoms with Crippen molar-refractivity contribution in [1.29, 1.82) is 0 Å². The Bertz CT molecular complexity index is 793. The lowest BCUT2D eigenvalue weighted by Gasteiger charge is -2.26. The van der Waals surface area contributed by atoms with Crippen LogP contribution < -0.4 is 0 Å². The number of amides is 1. The van der Waals surface area contributed by atoms with Crippen molar-refractivity contribution >= 4 is 15.9 Å². The summed E-state index contributed by atoms with van der Waals surface area (Å²) in [6.45, 7) is 6.40. The van der Waals surface area contributed by atoms with E-state index >= 15 is 0 Å². The summed E-state index contributed by atoms with van der Waals surface area (Å²) in [7, 11) is 0.0858. The number of benzene rings is 1. The highest BCUT2D eigenvalue weighted by atomic mass is 32.2. The van der Waals surface area contributed by atoms with Crippen LogP contribution in [0, 0.1) is 0 Å². The Morgan fingerprint density at radius 1 is 1.03 bits per heavy atom. The molecule has 0 unspecified atom stereocenters. The summed E-state index contributed by atoms with van der Waals surface area (Å²) in [5, 5.41) is 0. The SMILES string of the molecule is CN(C)C(=O)CN1CCCN(Cc2cccc(S(=O)(=O)N3CCOCC3)c2)CC1. The minimum Gasteiger partial charge on any atom is -0.379 e. The van der Waals surface area contributed by atoms with Gasteiger partial charge in [-0.15, -0.1) is 0 Å². The third-order valence-corrected chi connectivity index (χ3v) is 7.35. The van der Waals surface area contributed by atoms with E-state index in [9.17, 15) is 13.2 Å². The van der Waals surface area contributed by atoms with Gasteiger partial charge in [-0.2, -0.15) is 4.31 Å². The van der Waals surface area contributed by atoms with Crippen molar-refractivity contribution in [1.82, 2.24) is 19.0 Å². The zero-order valence-corrected chi connectivity index (χ0v) is 18.2. The second-order valence-corrected chi connectivity index (χ2v) is 9.80. The van der Waals surface area contributed by atoms with Crippen LogP contribution in [-0.2, 0) is 26.1 Å². The van der Waals surface area contributed by atoms with Gasteiger partial charge in [-0.1, -0.05) is 12.1 Å². The minimum atomic E-state index is -3.48. The Hall–Kier alpha value is -1.52. The smallest absolute Gasteiger partial charge is 0.243 e. The molecule has 3 rings (SSSR count). The summed E-state index contributed by atoms with van der Waals surface area (Å²) in [5.74, 6) is 0.125. The standard InChI is InChI=1S/C20H32N4O4S/c1-21(2)20(25)17-23-8-4-7-22(9-10-23)16-18-5-3-6-19(15-18)29(26,27)24-11-13-28-14-12-24/h3,5-6,15H,4,7-14,16-17H2,1-2H3. The van der Waals surface area contributed by atoms with E-state index in [1.54, 1.807) is 31.1 Å². The molecule has 1 aromatic rings. The second-order valence-electron chi connectivity index (χ2n) is 7.86. The number of ether oxygens (including phenoxy) is 1.